The minimum Gasteiger partial charge on any atom is -0.380 e. The van der Waals surface area contributed by atoms with Crippen molar-refractivity contribution < 1.29 is 0 Å². The second-order valence-electron chi connectivity index (χ2n) is 4.36. The van der Waals surface area contributed by atoms with Gasteiger partial charge >= 0.3 is 0 Å². The van der Waals surface area contributed by atoms with E-state index >= 15 is 0 Å². The summed E-state index contributed by atoms with van der Waals surface area (Å²) in [4.78, 5) is 4.19. The molecule has 0 bridgehead atoms. The molecule has 0 aliphatic rings. The summed E-state index contributed by atoms with van der Waals surface area (Å²) in [6.07, 6.45) is 3.73. The van der Waals surface area contributed by atoms with Gasteiger partial charge in [0.2, 0.25) is 0 Å². The third kappa shape index (κ3) is 2.22. The normalized spacial score (nSPS) is 10.7. The maximum Gasteiger partial charge on any atom is 0.0532 e. The van der Waals surface area contributed by atoms with Gasteiger partial charge in [-0.2, -0.15) is 0 Å². The lowest BCUT2D eigenvalue weighted by Gasteiger charge is -2.05. The first-order chi connectivity index (χ1) is 8.83. The van der Waals surface area contributed by atoms with E-state index in [9.17, 15) is 0 Å². The molecule has 2 heterocycles. The van der Waals surface area contributed by atoms with Crippen molar-refractivity contribution >= 4 is 27.1 Å². The Balaban J connectivity index is 1.81. The largest absolute Gasteiger partial charge is 0.380 e. The minimum absolute atomic E-state index is 0.842. The Kier molecular flexibility index (Phi) is 2.99. The first-order valence-electron chi connectivity index (χ1n) is 5.93. The maximum atomic E-state index is 4.19. The molecule has 90 valence electrons. The second-order valence-corrected chi connectivity index (χ2v) is 5.27. The van der Waals surface area contributed by atoms with E-state index in [0.717, 1.165) is 12.2 Å². The average molecular weight is 254 g/mol. The van der Waals surface area contributed by atoms with Crippen LogP contribution < -0.4 is 5.32 Å². The van der Waals surface area contributed by atoms with Crippen molar-refractivity contribution in [1.29, 1.82) is 0 Å². The molecule has 0 spiro atoms. The van der Waals surface area contributed by atoms with Gasteiger partial charge in [-0.1, -0.05) is 18.2 Å². The van der Waals surface area contributed by atoms with Crippen molar-refractivity contribution in [1.82, 2.24) is 4.98 Å². The highest BCUT2D eigenvalue weighted by Gasteiger charge is 2.02. The van der Waals surface area contributed by atoms with Crippen LogP contribution in [0, 0.1) is 6.92 Å². The van der Waals surface area contributed by atoms with Gasteiger partial charge in [-0.3, -0.25) is 4.98 Å². The predicted octanol–water partition coefficient (Wildman–Crippen LogP) is 4.22. The summed E-state index contributed by atoms with van der Waals surface area (Å²) < 4.78 is 1.34. The molecule has 1 N–H and O–H groups in total. The van der Waals surface area contributed by atoms with Crippen LogP contribution in [0.2, 0.25) is 0 Å². The quantitative estimate of drug-likeness (QED) is 0.757. The summed E-state index contributed by atoms with van der Waals surface area (Å²) in [6.45, 7) is 2.90. The number of thiophene rings is 1. The lowest BCUT2D eigenvalue weighted by atomic mass is 10.2. The summed E-state index contributed by atoms with van der Waals surface area (Å²) in [7, 11) is 0. The number of anilines is 1. The molecule has 3 aromatic rings. The highest BCUT2D eigenvalue weighted by Crippen LogP contribution is 2.26. The van der Waals surface area contributed by atoms with E-state index in [2.05, 4.69) is 52.9 Å². The highest BCUT2D eigenvalue weighted by molar-refractivity contribution is 7.17. The highest BCUT2D eigenvalue weighted by atomic mass is 32.1. The van der Waals surface area contributed by atoms with Crippen LogP contribution >= 0.6 is 11.3 Å². The molecular formula is C15H14N2S. The van der Waals surface area contributed by atoms with Gasteiger partial charge in [-0.25, -0.2) is 0 Å². The van der Waals surface area contributed by atoms with Crippen LogP contribution in [-0.2, 0) is 6.54 Å². The van der Waals surface area contributed by atoms with Crippen molar-refractivity contribution in [2.75, 3.05) is 5.32 Å². The van der Waals surface area contributed by atoms with Crippen LogP contribution in [0.3, 0.4) is 0 Å². The number of benzene rings is 1. The van der Waals surface area contributed by atoms with Crippen molar-refractivity contribution in [2.24, 2.45) is 0 Å². The monoisotopic (exact) mass is 254 g/mol. The summed E-state index contributed by atoms with van der Waals surface area (Å²) in [5, 5.41) is 6.99. The predicted molar refractivity (Wildman–Crippen MR) is 78.1 cm³/mol. The van der Waals surface area contributed by atoms with E-state index in [1.807, 2.05) is 12.4 Å². The van der Waals surface area contributed by atoms with E-state index in [0.29, 0.717) is 0 Å². The van der Waals surface area contributed by atoms with Gasteiger partial charge in [-0.05, 0) is 40.9 Å². The molecule has 0 fully saturated rings. The van der Waals surface area contributed by atoms with Gasteiger partial charge in [0, 0.05) is 23.6 Å². The smallest absolute Gasteiger partial charge is 0.0532 e. The maximum absolute atomic E-state index is 4.19. The Hall–Kier alpha value is -1.87. The lowest BCUT2D eigenvalue weighted by Crippen LogP contribution is -1.99. The average Bonchev–Trinajstić information content (AvgIpc) is 2.80. The zero-order chi connectivity index (χ0) is 12.4. The number of hydrogen-bond donors (Lipinski definition) is 1. The molecule has 3 heteroatoms. The molecule has 3 rings (SSSR count). The van der Waals surface area contributed by atoms with Crippen LogP contribution in [0.5, 0.6) is 0 Å². The molecule has 0 radical (unpaired) electrons. The Morgan fingerprint density at radius 1 is 1.22 bits per heavy atom. The first kappa shape index (κ1) is 11.2. The van der Waals surface area contributed by atoms with Gasteiger partial charge in [0.1, 0.15) is 0 Å². The molecule has 1 aromatic carbocycles. The van der Waals surface area contributed by atoms with Crippen LogP contribution in [0.4, 0.5) is 5.69 Å². The van der Waals surface area contributed by atoms with E-state index in [4.69, 9.17) is 0 Å². The Morgan fingerprint density at radius 3 is 3.00 bits per heavy atom. The van der Waals surface area contributed by atoms with E-state index < -0.39 is 0 Å². The Morgan fingerprint density at radius 2 is 2.11 bits per heavy atom. The van der Waals surface area contributed by atoms with E-state index in [-0.39, 0.29) is 0 Å². The van der Waals surface area contributed by atoms with E-state index in [1.165, 1.54) is 21.2 Å². The minimum atomic E-state index is 0.842. The topological polar surface area (TPSA) is 24.9 Å². The molecular weight excluding hydrogens is 240 g/mol. The number of aryl methyl sites for hydroxylation is 1. The zero-order valence-electron chi connectivity index (χ0n) is 10.2. The van der Waals surface area contributed by atoms with Crippen molar-refractivity contribution in [3.63, 3.8) is 0 Å². The first-order valence-corrected chi connectivity index (χ1v) is 6.81. The van der Waals surface area contributed by atoms with Crippen molar-refractivity contribution in [3.8, 4) is 0 Å². The molecule has 0 amide bonds. The van der Waals surface area contributed by atoms with Gasteiger partial charge in [-0.15, -0.1) is 11.3 Å². The molecule has 0 unspecified atom stereocenters. The summed E-state index contributed by atoms with van der Waals surface area (Å²) >= 11 is 1.80. The fourth-order valence-electron chi connectivity index (χ4n) is 2.02. The van der Waals surface area contributed by atoms with E-state index in [1.54, 1.807) is 11.3 Å². The molecule has 0 saturated carbocycles. The molecule has 0 atom stereocenters. The van der Waals surface area contributed by atoms with Gasteiger partial charge in [0.15, 0.2) is 0 Å². The van der Waals surface area contributed by atoms with Crippen LogP contribution in [0.15, 0.2) is 48.1 Å². The number of nitrogens with zero attached hydrogens (tertiary/aromatic N) is 1. The Bertz CT molecular complexity index is 673. The third-order valence-electron chi connectivity index (χ3n) is 2.92. The summed E-state index contributed by atoms with van der Waals surface area (Å²) in [5.41, 5.74) is 3.59. The molecule has 2 nitrogen and oxygen atoms in total. The standard InChI is InChI=1S/C15H14N2S/c1-11-6-13(9-16-7-11)17-8-12-10-18-15-5-3-2-4-14(12)15/h2-7,9-10,17H,8H2,1H3. The number of hydrogen-bond acceptors (Lipinski definition) is 3. The third-order valence-corrected chi connectivity index (χ3v) is 3.93. The number of aromatic nitrogens is 1. The number of fused-ring (bicyclic) bond motifs is 1. The zero-order valence-corrected chi connectivity index (χ0v) is 11.0. The lowest BCUT2D eigenvalue weighted by molar-refractivity contribution is 1.15. The van der Waals surface area contributed by atoms with Crippen LogP contribution in [-0.4, -0.2) is 4.98 Å². The molecule has 0 aliphatic carbocycles. The molecule has 0 aliphatic heterocycles. The van der Waals surface area contributed by atoms with Crippen molar-refractivity contribution in [3.05, 3.63) is 59.2 Å². The SMILES string of the molecule is Cc1cncc(NCc2csc3ccccc23)c1. The Labute approximate surface area is 110 Å². The number of rotatable bonds is 3. The van der Waals surface area contributed by atoms with Crippen molar-refractivity contribution in [2.45, 2.75) is 13.5 Å². The number of pyridine rings is 1. The van der Waals surface area contributed by atoms with Crippen LogP contribution in [0.1, 0.15) is 11.1 Å². The van der Waals surface area contributed by atoms with Gasteiger partial charge in [0.25, 0.3) is 0 Å². The molecule has 18 heavy (non-hydrogen) atoms. The number of nitrogens with one attached hydrogen (secondary N) is 1. The molecule has 0 saturated heterocycles. The second kappa shape index (κ2) is 4.78. The van der Waals surface area contributed by atoms with Gasteiger partial charge in [0.05, 0.1) is 5.69 Å². The molecule has 2 aromatic heterocycles. The fraction of sp³-hybridized carbons (Fsp3) is 0.133. The summed E-state index contributed by atoms with van der Waals surface area (Å²) in [6, 6.07) is 10.6. The van der Waals surface area contributed by atoms with Crippen LogP contribution in [0.25, 0.3) is 10.1 Å². The fourth-order valence-corrected chi connectivity index (χ4v) is 2.98. The summed E-state index contributed by atoms with van der Waals surface area (Å²) in [5.74, 6) is 0. The van der Waals surface area contributed by atoms with Gasteiger partial charge < -0.3 is 5.32 Å².